The second kappa shape index (κ2) is 8.75. The molecule has 0 atom stereocenters. The summed E-state index contributed by atoms with van der Waals surface area (Å²) in [6, 6.07) is 9.97. The Hall–Kier alpha value is -2.98. The number of aromatic nitrogens is 1. The van der Waals surface area contributed by atoms with Crippen LogP contribution in [-0.4, -0.2) is 28.8 Å². The number of pyridine rings is 1. The summed E-state index contributed by atoms with van der Waals surface area (Å²) in [5.74, 6) is -0.263. The highest BCUT2D eigenvalue weighted by molar-refractivity contribution is 5.71. The Morgan fingerprint density at radius 2 is 1.97 bits per heavy atom. The fourth-order valence-electron chi connectivity index (χ4n) is 4.63. The summed E-state index contributed by atoms with van der Waals surface area (Å²) in [5, 5.41) is 0. The van der Waals surface area contributed by atoms with Crippen molar-refractivity contribution in [1.82, 2.24) is 4.98 Å². The Bertz CT molecular complexity index is 1060. The highest BCUT2D eigenvalue weighted by Gasteiger charge is 2.52. The van der Waals surface area contributed by atoms with Gasteiger partial charge in [-0.15, -0.1) is 0 Å². The standard InChI is InChI=1S/C26H29FN2O4/c1-24(2,3)33-23(30)15-26-12-10-25(11-13-26,17-32-26)21-6-5-7-22(29-21)31-16-18-8-9-19(28-4)14-20(18)27/h5-9,14H,10-13,15-17H2,1-3H3. The van der Waals surface area contributed by atoms with Crippen molar-refractivity contribution in [2.75, 3.05) is 6.61 Å². The highest BCUT2D eigenvalue weighted by Crippen LogP contribution is 2.51. The van der Waals surface area contributed by atoms with Gasteiger partial charge in [-0.05, 0) is 58.6 Å². The van der Waals surface area contributed by atoms with Crippen molar-refractivity contribution in [3.8, 4) is 5.88 Å². The van der Waals surface area contributed by atoms with Gasteiger partial charge in [-0.2, -0.15) is 0 Å². The molecule has 174 valence electrons. The lowest BCUT2D eigenvalue weighted by Gasteiger charge is -2.52. The number of halogens is 1. The summed E-state index contributed by atoms with van der Waals surface area (Å²) in [7, 11) is 0. The minimum atomic E-state index is -0.507. The predicted molar refractivity (Wildman–Crippen MR) is 121 cm³/mol. The van der Waals surface area contributed by atoms with Crippen LogP contribution in [-0.2, 0) is 26.3 Å². The first-order valence-corrected chi connectivity index (χ1v) is 11.2. The second-order valence-electron chi connectivity index (χ2n) is 10.1. The molecule has 7 heteroatoms. The molecule has 0 unspecified atom stereocenters. The number of carbonyl (C=O) groups is 1. The molecule has 0 spiro atoms. The van der Waals surface area contributed by atoms with Crippen LogP contribution in [0.15, 0.2) is 36.4 Å². The zero-order chi connectivity index (χ0) is 23.7. The first-order valence-electron chi connectivity index (χ1n) is 11.2. The van der Waals surface area contributed by atoms with E-state index in [0.29, 0.717) is 18.1 Å². The molecule has 6 nitrogen and oxygen atoms in total. The van der Waals surface area contributed by atoms with Crippen molar-refractivity contribution in [2.45, 2.75) is 76.1 Å². The van der Waals surface area contributed by atoms with Gasteiger partial charge in [-0.1, -0.05) is 18.2 Å². The molecule has 2 bridgehead atoms. The molecule has 1 aromatic heterocycles. The van der Waals surface area contributed by atoms with Crippen LogP contribution in [0.1, 0.15) is 64.1 Å². The number of benzene rings is 1. The summed E-state index contributed by atoms with van der Waals surface area (Å²) in [5.41, 5.74) is 0.360. The van der Waals surface area contributed by atoms with Crippen LogP contribution in [0.2, 0.25) is 0 Å². The topological polar surface area (TPSA) is 62.0 Å². The molecule has 0 radical (unpaired) electrons. The average Bonchev–Trinajstić information content (AvgIpc) is 2.78. The number of nitrogens with zero attached hydrogens (tertiary/aromatic N) is 2. The molecule has 3 fully saturated rings. The molecule has 0 amide bonds. The number of carbonyl (C=O) groups excluding carboxylic acids is 1. The average molecular weight is 453 g/mol. The largest absolute Gasteiger partial charge is 0.473 e. The number of rotatable bonds is 6. The van der Waals surface area contributed by atoms with Crippen LogP contribution in [0, 0.1) is 12.4 Å². The van der Waals surface area contributed by atoms with E-state index in [2.05, 4.69) is 4.85 Å². The van der Waals surface area contributed by atoms with Crippen molar-refractivity contribution in [3.63, 3.8) is 0 Å². The highest BCUT2D eigenvalue weighted by atomic mass is 19.1. The Kier molecular flexibility index (Phi) is 6.15. The van der Waals surface area contributed by atoms with Crippen LogP contribution in [0.5, 0.6) is 5.88 Å². The van der Waals surface area contributed by atoms with Crippen LogP contribution in [0.4, 0.5) is 10.1 Å². The van der Waals surface area contributed by atoms with Crippen LogP contribution >= 0.6 is 0 Å². The van der Waals surface area contributed by atoms with Crippen LogP contribution in [0.3, 0.4) is 0 Å². The van der Waals surface area contributed by atoms with Crippen molar-refractivity contribution in [1.29, 1.82) is 0 Å². The normalized spacial score (nSPS) is 24.2. The minimum absolute atomic E-state index is 0.0308. The minimum Gasteiger partial charge on any atom is -0.473 e. The third-order valence-corrected chi connectivity index (χ3v) is 6.47. The van der Waals surface area contributed by atoms with Crippen molar-refractivity contribution < 1.29 is 23.4 Å². The van der Waals surface area contributed by atoms with E-state index >= 15 is 0 Å². The number of fused-ring (bicyclic) bond motifs is 3. The molecule has 1 saturated carbocycles. The van der Waals surface area contributed by atoms with Gasteiger partial charge < -0.3 is 14.2 Å². The monoisotopic (exact) mass is 452 g/mol. The maximum absolute atomic E-state index is 14.2. The van der Waals surface area contributed by atoms with Gasteiger partial charge in [0.2, 0.25) is 5.88 Å². The quantitative estimate of drug-likeness (QED) is 0.418. The Morgan fingerprint density at radius 1 is 1.21 bits per heavy atom. The lowest BCUT2D eigenvalue weighted by molar-refractivity contribution is -0.185. The first-order chi connectivity index (χ1) is 15.6. The van der Waals surface area contributed by atoms with Gasteiger partial charge in [0.15, 0.2) is 5.69 Å². The van der Waals surface area contributed by atoms with E-state index in [9.17, 15) is 9.18 Å². The smallest absolute Gasteiger partial charge is 0.309 e. The lowest BCUT2D eigenvalue weighted by Crippen LogP contribution is -2.54. The molecule has 3 heterocycles. The third kappa shape index (κ3) is 5.17. The van der Waals surface area contributed by atoms with E-state index in [1.165, 1.54) is 6.07 Å². The van der Waals surface area contributed by atoms with E-state index < -0.39 is 17.0 Å². The zero-order valence-corrected chi connectivity index (χ0v) is 19.3. The summed E-state index contributed by atoms with van der Waals surface area (Å²) >= 11 is 0. The van der Waals surface area contributed by atoms with Crippen molar-refractivity contribution in [3.05, 3.63) is 64.9 Å². The van der Waals surface area contributed by atoms with Gasteiger partial charge in [-0.3, -0.25) is 4.79 Å². The molecule has 2 aromatic rings. The maximum Gasteiger partial charge on any atom is 0.309 e. The number of esters is 1. The molecule has 1 aromatic carbocycles. The van der Waals surface area contributed by atoms with Gasteiger partial charge in [0, 0.05) is 17.0 Å². The summed E-state index contributed by atoms with van der Waals surface area (Å²) in [6.45, 7) is 13.1. The summed E-state index contributed by atoms with van der Waals surface area (Å²) in [6.07, 6.45) is 3.57. The fourth-order valence-corrected chi connectivity index (χ4v) is 4.63. The molecule has 1 aliphatic carbocycles. The molecular weight excluding hydrogens is 423 g/mol. The number of hydrogen-bond acceptors (Lipinski definition) is 5. The molecule has 0 N–H and O–H groups in total. The van der Waals surface area contributed by atoms with E-state index in [-0.39, 0.29) is 30.1 Å². The summed E-state index contributed by atoms with van der Waals surface area (Å²) in [4.78, 5) is 20.3. The molecule has 2 saturated heterocycles. The van der Waals surface area contributed by atoms with E-state index in [0.717, 1.165) is 31.4 Å². The van der Waals surface area contributed by atoms with E-state index in [4.69, 9.17) is 25.8 Å². The predicted octanol–water partition coefficient (Wildman–Crippen LogP) is 5.66. The molecule has 33 heavy (non-hydrogen) atoms. The van der Waals surface area contributed by atoms with E-state index in [1.54, 1.807) is 18.2 Å². The SMILES string of the molecule is [C-]#[N+]c1ccc(COc2cccc(C34CCC(CC(=O)OC(C)(C)C)(CC3)OC4)n2)c(F)c1. The lowest BCUT2D eigenvalue weighted by atomic mass is 9.63. The third-order valence-electron chi connectivity index (χ3n) is 6.47. The van der Waals surface area contributed by atoms with Crippen LogP contribution < -0.4 is 4.74 Å². The van der Waals surface area contributed by atoms with Gasteiger partial charge in [-0.25, -0.2) is 14.2 Å². The zero-order valence-electron chi connectivity index (χ0n) is 19.3. The van der Waals surface area contributed by atoms with Gasteiger partial charge in [0.25, 0.3) is 0 Å². The second-order valence-corrected chi connectivity index (χ2v) is 10.1. The summed E-state index contributed by atoms with van der Waals surface area (Å²) < 4.78 is 31.7. The van der Waals surface area contributed by atoms with Crippen LogP contribution in [0.25, 0.3) is 4.85 Å². The number of ether oxygens (including phenoxy) is 3. The van der Waals surface area contributed by atoms with Crippen molar-refractivity contribution in [2.24, 2.45) is 0 Å². The Morgan fingerprint density at radius 3 is 2.58 bits per heavy atom. The molecule has 5 rings (SSSR count). The molecule has 2 aliphatic heterocycles. The van der Waals surface area contributed by atoms with Gasteiger partial charge >= 0.3 is 5.97 Å². The Labute approximate surface area is 193 Å². The van der Waals surface area contributed by atoms with Gasteiger partial charge in [0.05, 0.1) is 30.9 Å². The van der Waals surface area contributed by atoms with Crippen molar-refractivity contribution >= 4 is 11.7 Å². The van der Waals surface area contributed by atoms with E-state index in [1.807, 2.05) is 32.9 Å². The maximum atomic E-state index is 14.2. The molecular formula is C26H29FN2O4. The number of hydrogen-bond donors (Lipinski definition) is 0. The fraction of sp³-hybridized carbons (Fsp3) is 0.500. The van der Waals surface area contributed by atoms with Gasteiger partial charge in [0.1, 0.15) is 18.0 Å². The first kappa shape index (κ1) is 23.2. The Balaban J connectivity index is 1.41. The molecule has 3 aliphatic rings.